The van der Waals surface area contributed by atoms with E-state index in [-0.39, 0.29) is 6.04 Å². The maximum absolute atomic E-state index is 5.71. The second-order valence-electron chi connectivity index (χ2n) is 4.10. The molecule has 1 aromatic carbocycles. The van der Waals surface area contributed by atoms with Crippen molar-refractivity contribution >= 4 is 15.9 Å². The molecule has 2 rings (SSSR count). The Hall–Kier alpha value is -1.64. The molecule has 1 heterocycles. The summed E-state index contributed by atoms with van der Waals surface area (Å²) < 4.78 is 12.9. The molecule has 20 heavy (non-hydrogen) atoms. The van der Waals surface area contributed by atoms with Crippen LogP contribution in [0.2, 0.25) is 0 Å². The van der Waals surface area contributed by atoms with Crippen molar-refractivity contribution in [1.29, 1.82) is 0 Å². The van der Waals surface area contributed by atoms with Crippen molar-refractivity contribution in [3.05, 3.63) is 34.1 Å². The van der Waals surface area contributed by atoms with Crippen molar-refractivity contribution < 1.29 is 9.47 Å². The van der Waals surface area contributed by atoms with Crippen LogP contribution in [0, 0.1) is 0 Å². The molecule has 3 N–H and O–H groups in total. The summed E-state index contributed by atoms with van der Waals surface area (Å²) in [5.41, 5.74) is 4.39. The summed E-state index contributed by atoms with van der Waals surface area (Å²) in [6.07, 6.45) is 0. The SMILES string of the molecule is COc1ccc(OC)c(C(NN)c2c(Br)nnn2C)c1. The van der Waals surface area contributed by atoms with Crippen molar-refractivity contribution in [3.63, 3.8) is 0 Å². The Bertz CT molecular complexity index is 582. The first-order chi connectivity index (χ1) is 9.62. The highest BCUT2D eigenvalue weighted by molar-refractivity contribution is 9.10. The highest BCUT2D eigenvalue weighted by Gasteiger charge is 2.24. The minimum Gasteiger partial charge on any atom is -0.497 e. The highest BCUT2D eigenvalue weighted by atomic mass is 79.9. The molecular formula is C12H16BrN5O2. The van der Waals surface area contributed by atoms with Gasteiger partial charge in [-0.3, -0.25) is 5.84 Å². The van der Waals surface area contributed by atoms with Gasteiger partial charge in [-0.2, -0.15) is 0 Å². The molecule has 0 amide bonds. The van der Waals surface area contributed by atoms with Gasteiger partial charge >= 0.3 is 0 Å². The number of halogens is 1. The fraction of sp³-hybridized carbons (Fsp3) is 0.333. The van der Waals surface area contributed by atoms with Gasteiger partial charge in [-0.1, -0.05) is 5.21 Å². The fourth-order valence-electron chi connectivity index (χ4n) is 2.03. The predicted molar refractivity (Wildman–Crippen MR) is 77.4 cm³/mol. The normalized spacial score (nSPS) is 12.2. The lowest BCUT2D eigenvalue weighted by Crippen LogP contribution is -2.31. The Morgan fingerprint density at radius 2 is 2.10 bits per heavy atom. The fourth-order valence-corrected chi connectivity index (χ4v) is 2.58. The highest BCUT2D eigenvalue weighted by Crippen LogP contribution is 2.34. The van der Waals surface area contributed by atoms with Crippen LogP contribution in [0.3, 0.4) is 0 Å². The molecule has 108 valence electrons. The number of hydrogen-bond donors (Lipinski definition) is 2. The van der Waals surface area contributed by atoms with E-state index in [0.717, 1.165) is 11.3 Å². The zero-order valence-electron chi connectivity index (χ0n) is 11.4. The van der Waals surface area contributed by atoms with Crippen molar-refractivity contribution in [2.75, 3.05) is 14.2 Å². The van der Waals surface area contributed by atoms with Crippen molar-refractivity contribution in [2.45, 2.75) is 6.04 Å². The van der Waals surface area contributed by atoms with Crippen molar-refractivity contribution in [2.24, 2.45) is 12.9 Å². The Balaban J connectivity index is 2.56. The first kappa shape index (κ1) is 14.8. The summed E-state index contributed by atoms with van der Waals surface area (Å²) in [4.78, 5) is 0. The minimum atomic E-state index is -0.338. The number of benzene rings is 1. The zero-order chi connectivity index (χ0) is 14.7. The van der Waals surface area contributed by atoms with E-state index in [1.54, 1.807) is 25.9 Å². The lowest BCUT2D eigenvalue weighted by molar-refractivity contribution is 0.392. The molecule has 0 bridgehead atoms. The first-order valence-electron chi connectivity index (χ1n) is 5.85. The molecule has 2 aromatic rings. The molecule has 0 spiro atoms. The van der Waals surface area contributed by atoms with Gasteiger partial charge in [-0.05, 0) is 34.1 Å². The Labute approximate surface area is 125 Å². The van der Waals surface area contributed by atoms with Crippen molar-refractivity contribution in [1.82, 2.24) is 20.4 Å². The summed E-state index contributed by atoms with van der Waals surface area (Å²) >= 11 is 3.38. The number of hydrogen-bond acceptors (Lipinski definition) is 6. The van der Waals surface area contributed by atoms with Crippen LogP contribution < -0.4 is 20.7 Å². The maximum atomic E-state index is 5.71. The maximum Gasteiger partial charge on any atom is 0.153 e. The van der Waals surface area contributed by atoms with Gasteiger partial charge in [0.1, 0.15) is 11.5 Å². The molecular weight excluding hydrogens is 326 g/mol. The molecule has 0 fully saturated rings. The number of methoxy groups -OCH3 is 2. The molecule has 0 aliphatic carbocycles. The standard InChI is InChI=1S/C12H16BrN5O2/c1-18-11(12(13)16-17-18)10(15-14)8-6-7(19-2)4-5-9(8)20-3/h4-6,10,15H,14H2,1-3H3. The summed E-state index contributed by atoms with van der Waals surface area (Å²) in [6, 6.07) is 5.18. The summed E-state index contributed by atoms with van der Waals surface area (Å²) in [5, 5.41) is 7.93. The lowest BCUT2D eigenvalue weighted by atomic mass is 10.0. The van der Waals surface area contributed by atoms with Crippen LogP contribution in [0.5, 0.6) is 11.5 Å². The number of aromatic nitrogens is 3. The van der Waals surface area contributed by atoms with Gasteiger partial charge in [0.15, 0.2) is 4.60 Å². The molecule has 1 atom stereocenters. The number of aryl methyl sites for hydroxylation is 1. The molecule has 1 unspecified atom stereocenters. The second-order valence-corrected chi connectivity index (χ2v) is 4.85. The lowest BCUT2D eigenvalue weighted by Gasteiger charge is -2.20. The third-order valence-electron chi connectivity index (χ3n) is 3.01. The van der Waals surface area contributed by atoms with E-state index in [1.165, 1.54) is 0 Å². The van der Waals surface area contributed by atoms with Crippen LogP contribution in [-0.4, -0.2) is 29.2 Å². The van der Waals surface area contributed by atoms with Crippen LogP contribution >= 0.6 is 15.9 Å². The van der Waals surface area contributed by atoms with Crippen LogP contribution in [0.4, 0.5) is 0 Å². The summed E-state index contributed by atoms with van der Waals surface area (Å²) in [7, 11) is 5.01. The van der Waals surface area contributed by atoms with Gasteiger partial charge in [0.25, 0.3) is 0 Å². The van der Waals surface area contributed by atoms with E-state index in [2.05, 4.69) is 31.7 Å². The predicted octanol–water partition coefficient (Wildman–Crippen LogP) is 1.15. The third kappa shape index (κ3) is 2.62. The molecule has 0 saturated heterocycles. The molecule has 0 aliphatic rings. The first-order valence-corrected chi connectivity index (χ1v) is 6.64. The number of nitrogens with one attached hydrogen (secondary N) is 1. The van der Waals surface area contributed by atoms with Crippen LogP contribution in [-0.2, 0) is 7.05 Å². The third-order valence-corrected chi connectivity index (χ3v) is 3.58. The smallest absolute Gasteiger partial charge is 0.153 e. The number of hydrazine groups is 1. The van der Waals surface area contributed by atoms with E-state index in [1.807, 2.05) is 18.2 Å². The topological polar surface area (TPSA) is 87.2 Å². The summed E-state index contributed by atoms with van der Waals surface area (Å²) in [5.74, 6) is 7.12. The number of nitrogens with two attached hydrogens (primary N) is 1. The molecule has 0 saturated carbocycles. The average Bonchev–Trinajstić information content (AvgIpc) is 2.80. The monoisotopic (exact) mass is 341 g/mol. The zero-order valence-corrected chi connectivity index (χ0v) is 13.0. The minimum absolute atomic E-state index is 0.338. The quantitative estimate of drug-likeness (QED) is 0.626. The summed E-state index contributed by atoms with van der Waals surface area (Å²) in [6.45, 7) is 0. The van der Waals surface area contributed by atoms with Gasteiger partial charge in [0.2, 0.25) is 0 Å². The van der Waals surface area contributed by atoms with Gasteiger partial charge in [0, 0.05) is 12.6 Å². The van der Waals surface area contributed by atoms with E-state index >= 15 is 0 Å². The largest absolute Gasteiger partial charge is 0.497 e. The van der Waals surface area contributed by atoms with Crippen LogP contribution in [0.15, 0.2) is 22.8 Å². The number of rotatable bonds is 5. The molecule has 7 nitrogen and oxygen atoms in total. The Morgan fingerprint density at radius 3 is 2.60 bits per heavy atom. The van der Waals surface area contributed by atoms with E-state index in [9.17, 15) is 0 Å². The van der Waals surface area contributed by atoms with Gasteiger partial charge in [-0.15, -0.1) is 5.10 Å². The molecule has 8 heteroatoms. The van der Waals surface area contributed by atoms with Gasteiger partial charge in [0.05, 0.1) is 26.0 Å². The van der Waals surface area contributed by atoms with E-state index < -0.39 is 0 Å². The molecule has 1 aromatic heterocycles. The molecule has 0 radical (unpaired) electrons. The number of ether oxygens (including phenoxy) is 2. The Kier molecular flexibility index (Phi) is 4.58. The molecule has 0 aliphatic heterocycles. The number of nitrogens with zero attached hydrogens (tertiary/aromatic N) is 3. The van der Waals surface area contributed by atoms with E-state index in [4.69, 9.17) is 15.3 Å². The van der Waals surface area contributed by atoms with Crippen molar-refractivity contribution in [3.8, 4) is 11.5 Å². The van der Waals surface area contributed by atoms with Gasteiger partial charge in [-0.25, -0.2) is 10.1 Å². The Morgan fingerprint density at radius 1 is 1.35 bits per heavy atom. The van der Waals surface area contributed by atoms with E-state index in [0.29, 0.717) is 16.1 Å². The van der Waals surface area contributed by atoms with Crippen LogP contribution in [0.1, 0.15) is 17.3 Å². The average molecular weight is 342 g/mol. The van der Waals surface area contributed by atoms with Gasteiger partial charge < -0.3 is 9.47 Å². The van der Waals surface area contributed by atoms with Crippen LogP contribution in [0.25, 0.3) is 0 Å². The second kappa shape index (κ2) is 6.21.